The number of fused-ring (bicyclic) bond motifs is 1. The van der Waals surface area contributed by atoms with E-state index in [1.807, 2.05) is 0 Å². The van der Waals surface area contributed by atoms with E-state index < -0.39 is 5.56 Å². The Morgan fingerprint density at radius 2 is 1.87 bits per heavy atom. The molecule has 0 bridgehead atoms. The summed E-state index contributed by atoms with van der Waals surface area (Å²) >= 11 is 0. The first-order chi connectivity index (χ1) is 11.1. The molecular formula is C18H26N2O3. The summed E-state index contributed by atoms with van der Waals surface area (Å²) < 4.78 is 7.12. The third-order valence-electron chi connectivity index (χ3n) is 4.13. The molecular weight excluding hydrogens is 292 g/mol. The summed E-state index contributed by atoms with van der Waals surface area (Å²) in [5, 5.41) is 10.8. The van der Waals surface area contributed by atoms with E-state index in [2.05, 4.69) is 6.92 Å². The Morgan fingerprint density at radius 3 is 2.61 bits per heavy atom. The normalized spacial score (nSPS) is 11.0. The Morgan fingerprint density at radius 1 is 1.17 bits per heavy atom. The van der Waals surface area contributed by atoms with Gasteiger partial charge in [-0.2, -0.15) is 0 Å². The predicted octanol–water partition coefficient (Wildman–Crippen LogP) is 3.57. The van der Waals surface area contributed by atoms with Gasteiger partial charge in [-0.3, -0.25) is 4.79 Å². The van der Waals surface area contributed by atoms with Crippen molar-refractivity contribution < 1.29 is 9.84 Å². The lowest BCUT2D eigenvalue weighted by Crippen LogP contribution is -2.18. The van der Waals surface area contributed by atoms with Gasteiger partial charge >= 0.3 is 0 Å². The van der Waals surface area contributed by atoms with Crippen LogP contribution in [0.5, 0.6) is 11.5 Å². The minimum Gasteiger partial charge on any atom is -0.500 e. The number of benzene rings is 1. The molecule has 0 saturated carbocycles. The zero-order chi connectivity index (χ0) is 16.8. The van der Waals surface area contributed by atoms with Crippen molar-refractivity contribution in [2.45, 2.75) is 45.4 Å². The van der Waals surface area contributed by atoms with Gasteiger partial charge in [0, 0.05) is 12.7 Å². The molecule has 1 aromatic carbocycles. The summed E-state index contributed by atoms with van der Waals surface area (Å²) in [6.45, 7) is 2.66. The number of hydrogen-bond acceptors (Lipinski definition) is 4. The largest absolute Gasteiger partial charge is 0.500 e. The fourth-order valence-corrected chi connectivity index (χ4v) is 2.77. The van der Waals surface area contributed by atoms with Gasteiger partial charge in [0.2, 0.25) is 5.75 Å². The second-order valence-electron chi connectivity index (χ2n) is 5.90. The lowest BCUT2D eigenvalue weighted by Gasteiger charge is -2.15. The van der Waals surface area contributed by atoms with Crippen LogP contribution in [0.3, 0.4) is 0 Å². The van der Waals surface area contributed by atoms with Gasteiger partial charge in [0.25, 0.3) is 5.56 Å². The van der Waals surface area contributed by atoms with Crippen molar-refractivity contribution in [2.75, 3.05) is 12.3 Å². The highest BCUT2D eigenvalue weighted by Gasteiger charge is 2.17. The van der Waals surface area contributed by atoms with Crippen LogP contribution >= 0.6 is 0 Å². The van der Waals surface area contributed by atoms with Crippen molar-refractivity contribution in [3.63, 3.8) is 0 Å². The monoisotopic (exact) mass is 318 g/mol. The Labute approximate surface area is 136 Å². The topological polar surface area (TPSA) is 77.5 Å². The van der Waals surface area contributed by atoms with Gasteiger partial charge in [0.05, 0.1) is 17.5 Å². The van der Waals surface area contributed by atoms with Crippen LogP contribution in [0.25, 0.3) is 10.9 Å². The maximum atomic E-state index is 12.1. The molecule has 1 heterocycles. The van der Waals surface area contributed by atoms with E-state index in [1.54, 1.807) is 25.2 Å². The van der Waals surface area contributed by atoms with Gasteiger partial charge in [-0.15, -0.1) is 0 Å². The zero-order valence-corrected chi connectivity index (χ0v) is 14.0. The van der Waals surface area contributed by atoms with E-state index in [0.717, 1.165) is 12.8 Å². The number of unbranched alkanes of at least 4 members (excludes halogenated alkanes) is 5. The molecule has 5 heteroatoms. The second-order valence-corrected chi connectivity index (χ2v) is 5.90. The lowest BCUT2D eigenvalue weighted by atomic mass is 10.1. The number of nitrogens with zero attached hydrogens (tertiary/aromatic N) is 1. The molecule has 0 aliphatic heterocycles. The molecule has 0 amide bonds. The molecule has 23 heavy (non-hydrogen) atoms. The Balaban J connectivity index is 2.15. The lowest BCUT2D eigenvalue weighted by molar-refractivity contribution is 0.290. The third-order valence-corrected chi connectivity index (χ3v) is 4.13. The van der Waals surface area contributed by atoms with Gasteiger partial charge in [-0.1, -0.05) is 45.1 Å². The van der Waals surface area contributed by atoms with E-state index in [0.29, 0.717) is 23.2 Å². The van der Waals surface area contributed by atoms with Crippen molar-refractivity contribution in [2.24, 2.45) is 7.05 Å². The molecule has 0 aliphatic carbocycles. The number of aromatic nitrogens is 1. The van der Waals surface area contributed by atoms with Crippen molar-refractivity contribution >= 4 is 16.6 Å². The van der Waals surface area contributed by atoms with E-state index in [9.17, 15) is 9.90 Å². The quantitative estimate of drug-likeness (QED) is 0.576. The maximum Gasteiger partial charge on any atom is 0.296 e. The number of rotatable bonds is 8. The second kappa shape index (κ2) is 7.90. The van der Waals surface area contributed by atoms with Crippen LogP contribution in [0.15, 0.2) is 23.0 Å². The molecule has 3 N–H and O–H groups in total. The Bertz CT molecular complexity index is 722. The zero-order valence-electron chi connectivity index (χ0n) is 14.0. The summed E-state index contributed by atoms with van der Waals surface area (Å²) in [6, 6.07) is 5.32. The number of hydrogen-bond donors (Lipinski definition) is 2. The molecule has 0 unspecified atom stereocenters. The van der Waals surface area contributed by atoms with Crippen LogP contribution in [0, 0.1) is 0 Å². The van der Waals surface area contributed by atoms with Crippen LogP contribution in [0.4, 0.5) is 5.69 Å². The molecule has 0 spiro atoms. The van der Waals surface area contributed by atoms with Crippen LogP contribution in [-0.2, 0) is 7.05 Å². The van der Waals surface area contributed by atoms with E-state index >= 15 is 0 Å². The van der Waals surface area contributed by atoms with Crippen molar-refractivity contribution in [3.05, 3.63) is 28.6 Å². The van der Waals surface area contributed by atoms with Crippen LogP contribution in [-0.4, -0.2) is 16.3 Å². The number of ether oxygens (including phenoxy) is 1. The fourth-order valence-electron chi connectivity index (χ4n) is 2.77. The highest BCUT2D eigenvalue weighted by molar-refractivity contribution is 5.97. The molecule has 5 nitrogen and oxygen atoms in total. The van der Waals surface area contributed by atoms with Gasteiger partial charge in [-0.25, -0.2) is 0 Å². The molecule has 2 aromatic rings. The van der Waals surface area contributed by atoms with Gasteiger partial charge < -0.3 is 20.1 Å². The van der Waals surface area contributed by atoms with Crippen molar-refractivity contribution in [1.29, 1.82) is 0 Å². The van der Waals surface area contributed by atoms with Crippen molar-refractivity contribution in [3.8, 4) is 11.5 Å². The first kappa shape index (κ1) is 17.2. The third kappa shape index (κ3) is 3.78. The molecule has 0 radical (unpaired) electrons. The molecule has 1 aromatic heterocycles. The molecule has 0 aliphatic rings. The van der Waals surface area contributed by atoms with Gasteiger partial charge in [0.15, 0.2) is 5.75 Å². The molecule has 0 fully saturated rings. The van der Waals surface area contributed by atoms with E-state index in [1.165, 1.54) is 30.3 Å². The Hall–Kier alpha value is -2.17. The molecule has 2 rings (SSSR count). The standard InChI is InChI=1S/C18H26N2O3/c1-3-4-5-6-7-8-12-23-17-15-13(19)10-9-11-14(15)20(2)18(22)16(17)21/h9-11,21H,3-8,12,19H2,1-2H3. The summed E-state index contributed by atoms with van der Waals surface area (Å²) in [4.78, 5) is 12.1. The number of aryl methyl sites for hydroxylation is 1. The predicted molar refractivity (Wildman–Crippen MR) is 94.1 cm³/mol. The summed E-state index contributed by atoms with van der Waals surface area (Å²) in [6.07, 6.45) is 6.89. The average molecular weight is 318 g/mol. The highest BCUT2D eigenvalue weighted by Crippen LogP contribution is 2.35. The minimum absolute atomic E-state index is 0.203. The number of nitrogen functional groups attached to an aromatic ring is 1. The van der Waals surface area contributed by atoms with Gasteiger partial charge in [0.1, 0.15) is 0 Å². The van der Waals surface area contributed by atoms with Crippen LogP contribution in [0.2, 0.25) is 0 Å². The summed E-state index contributed by atoms with van der Waals surface area (Å²) in [7, 11) is 1.61. The number of nitrogens with two attached hydrogens (primary N) is 1. The molecule has 0 saturated heterocycles. The first-order valence-electron chi connectivity index (χ1n) is 8.30. The highest BCUT2D eigenvalue weighted by atomic mass is 16.5. The number of aromatic hydroxyl groups is 1. The first-order valence-corrected chi connectivity index (χ1v) is 8.30. The summed E-state index contributed by atoms with van der Waals surface area (Å²) in [5.74, 6) is -0.168. The van der Waals surface area contributed by atoms with Crippen LogP contribution < -0.4 is 16.0 Å². The average Bonchev–Trinajstić information content (AvgIpc) is 2.55. The van der Waals surface area contributed by atoms with E-state index in [4.69, 9.17) is 10.5 Å². The van der Waals surface area contributed by atoms with Crippen molar-refractivity contribution in [1.82, 2.24) is 4.57 Å². The molecule has 0 atom stereocenters. The minimum atomic E-state index is -0.471. The fraction of sp³-hybridized carbons (Fsp3) is 0.500. The maximum absolute atomic E-state index is 12.1. The molecule has 126 valence electrons. The SMILES string of the molecule is CCCCCCCCOc1c(O)c(=O)n(C)c2cccc(N)c12. The number of anilines is 1. The summed E-state index contributed by atoms with van der Waals surface area (Å²) in [5.41, 5.74) is 6.70. The van der Waals surface area contributed by atoms with E-state index in [-0.39, 0.29) is 11.5 Å². The van der Waals surface area contributed by atoms with Crippen LogP contribution in [0.1, 0.15) is 45.4 Å². The smallest absolute Gasteiger partial charge is 0.296 e. The number of pyridine rings is 1. The Kier molecular flexibility index (Phi) is 5.90. The van der Waals surface area contributed by atoms with Gasteiger partial charge in [-0.05, 0) is 18.6 Å².